The molecule has 7 nitrogen and oxygen atoms in total. The minimum Gasteiger partial charge on any atom is -0.352 e. The highest BCUT2D eigenvalue weighted by atomic mass is 32.2. The van der Waals surface area contributed by atoms with Crippen molar-refractivity contribution in [1.82, 2.24) is 10.2 Å². The maximum Gasteiger partial charge on any atom is 0.264 e. The van der Waals surface area contributed by atoms with Gasteiger partial charge in [0.25, 0.3) is 10.0 Å². The van der Waals surface area contributed by atoms with Crippen molar-refractivity contribution < 1.29 is 22.4 Å². The second kappa shape index (κ2) is 12.2. The predicted molar refractivity (Wildman–Crippen MR) is 147 cm³/mol. The van der Waals surface area contributed by atoms with E-state index in [9.17, 15) is 22.4 Å². The Morgan fingerprint density at radius 3 is 1.89 bits per heavy atom. The summed E-state index contributed by atoms with van der Waals surface area (Å²) in [5.74, 6) is -1.37. The van der Waals surface area contributed by atoms with E-state index in [2.05, 4.69) is 5.32 Å². The van der Waals surface area contributed by atoms with Crippen molar-refractivity contribution in [3.05, 3.63) is 95.3 Å². The minimum absolute atomic E-state index is 0.00187. The number of hydrogen-bond acceptors (Lipinski definition) is 4. The first-order valence-corrected chi connectivity index (χ1v) is 13.8. The molecule has 3 aromatic carbocycles. The molecule has 3 aromatic rings. The van der Waals surface area contributed by atoms with Gasteiger partial charge in [0.05, 0.1) is 10.6 Å². The van der Waals surface area contributed by atoms with Crippen LogP contribution in [0.15, 0.2) is 77.7 Å². The number of nitrogens with zero attached hydrogens (tertiary/aromatic N) is 2. The number of halogens is 1. The summed E-state index contributed by atoms with van der Waals surface area (Å²) in [4.78, 5) is 28.0. The Morgan fingerprint density at radius 1 is 0.842 bits per heavy atom. The Hall–Kier alpha value is -3.72. The van der Waals surface area contributed by atoms with Crippen LogP contribution in [0.5, 0.6) is 0 Å². The summed E-state index contributed by atoms with van der Waals surface area (Å²) in [6.45, 7) is 8.41. The van der Waals surface area contributed by atoms with Gasteiger partial charge in [-0.2, -0.15) is 0 Å². The Bertz CT molecular complexity index is 1360. The average molecular weight is 540 g/mol. The van der Waals surface area contributed by atoms with Crippen LogP contribution in [0.25, 0.3) is 0 Å². The van der Waals surface area contributed by atoms with Gasteiger partial charge in [-0.3, -0.25) is 13.9 Å². The molecule has 2 amide bonds. The van der Waals surface area contributed by atoms with Gasteiger partial charge in [0.2, 0.25) is 11.8 Å². The van der Waals surface area contributed by atoms with Crippen molar-refractivity contribution in [2.75, 3.05) is 10.8 Å². The van der Waals surface area contributed by atoms with Gasteiger partial charge in [0.1, 0.15) is 18.4 Å². The molecule has 3 rings (SSSR count). The number of hydrogen-bond donors (Lipinski definition) is 1. The number of amides is 2. The highest BCUT2D eigenvalue weighted by molar-refractivity contribution is 7.92. The lowest BCUT2D eigenvalue weighted by molar-refractivity contribution is -0.139. The van der Waals surface area contributed by atoms with Gasteiger partial charge in [-0.05, 0) is 76.6 Å². The van der Waals surface area contributed by atoms with E-state index in [1.165, 1.54) is 41.3 Å². The Kier molecular flexibility index (Phi) is 9.27. The Morgan fingerprint density at radius 2 is 1.37 bits per heavy atom. The summed E-state index contributed by atoms with van der Waals surface area (Å²) in [6, 6.07) is 17.8. The van der Waals surface area contributed by atoms with Crippen LogP contribution in [-0.2, 0) is 26.2 Å². The van der Waals surface area contributed by atoms with Crippen LogP contribution in [-0.4, -0.2) is 43.8 Å². The van der Waals surface area contributed by atoms with E-state index in [4.69, 9.17) is 0 Å². The summed E-state index contributed by atoms with van der Waals surface area (Å²) >= 11 is 0. The smallest absolute Gasteiger partial charge is 0.264 e. The maximum absolute atomic E-state index is 13.8. The largest absolute Gasteiger partial charge is 0.352 e. The topological polar surface area (TPSA) is 86.8 Å². The van der Waals surface area contributed by atoms with Gasteiger partial charge >= 0.3 is 0 Å². The van der Waals surface area contributed by atoms with E-state index in [1.54, 1.807) is 43.3 Å². The normalized spacial score (nSPS) is 12.2. The van der Waals surface area contributed by atoms with Crippen molar-refractivity contribution >= 4 is 27.5 Å². The molecule has 1 atom stereocenters. The molecule has 1 unspecified atom stereocenters. The van der Waals surface area contributed by atoms with Crippen molar-refractivity contribution in [2.24, 2.45) is 0 Å². The first-order chi connectivity index (χ1) is 17.9. The van der Waals surface area contributed by atoms with E-state index in [1.807, 2.05) is 27.7 Å². The van der Waals surface area contributed by atoms with Crippen LogP contribution < -0.4 is 9.62 Å². The minimum atomic E-state index is -4.12. The average Bonchev–Trinajstić information content (AvgIpc) is 2.87. The number of nitrogens with one attached hydrogen (secondary N) is 1. The first-order valence-electron chi connectivity index (χ1n) is 12.4. The maximum atomic E-state index is 13.8. The molecule has 0 spiro atoms. The molecule has 0 aromatic heterocycles. The fraction of sp³-hybridized carbons (Fsp3) is 0.310. The Labute approximate surface area is 224 Å². The van der Waals surface area contributed by atoms with Crippen molar-refractivity contribution in [3.63, 3.8) is 0 Å². The molecular weight excluding hydrogens is 505 g/mol. The molecule has 202 valence electrons. The van der Waals surface area contributed by atoms with E-state index >= 15 is 0 Å². The number of anilines is 1. The lowest BCUT2D eigenvalue weighted by Gasteiger charge is -2.32. The number of carbonyl (C=O) groups excluding carboxylic acids is 2. The van der Waals surface area contributed by atoms with Crippen LogP contribution in [0.4, 0.5) is 10.1 Å². The molecule has 0 aliphatic carbocycles. The van der Waals surface area contributed by atoms with Gasteiger partial charge in [0, 0.05) is 12.6 Å². The summed E-state index contributed by atoms with van der Waals surface area (Å²) in [6.07, 6.45) is 0. The number of benzene rings is 3. The SMILES string of the molecule is Cc1ccc(N(CC(=O)N(Cc2ccc(F)cc2)C(C)C(=O)NC(C)C)S(=O)(=O)c2ccc(C)cc2)cc1. The van der Waals surface area contributed by atoms with Crippen LogP contribution in [0.2, 0.25) is 0 Å². The standard InChI is InChI=1S/C29H34FN3O4S/c1-20(2)31-29(35)23(5)32(18-24-10-12-25(30)13-11-24)28(34)19-33(26-14-6-21(3)7-15-26)38(36,37)27-16-8-22(4)9-17-27/h6-17,20,23H,18-19H2,1-5H3,(H,31,35). The zero-order valence-electron chi connectivity index (χ0n) is 22.3. The Balaban J connectivity index is 2.02. The zero-order chi connectivity index (χ0) is 28.0. The van der Waals surface area contributed by atoms with Gasteiger partial charge < -0.3 is 10.2 Å². The molecule has 0 fully saturated rings. The third kappa shape index (κ3) is 7.19. The first kappa shape index (κ1) is 28.8. The van der Waals surface area contributed by atoms with E-state index in [0.29, 0.717) is 11.3 Å². The second-order valence-electron chi connectivity index (χ2n) is 9.65. The highest BCUT2D eigenvalue weighted by Gasteiger charge is 2.32. The fourth-order valence-corrected chi connectivity index (χ4v) is 5.27. The lowest BCUT2D eigenvalue weighted by atomic mass is 10.1. The second-order valence-corrected chi connectivity index (χ2v) is 11.5. The van der Waals surface area contributed by atoms with E-state index in [0.717, 1.165) is 15.4 Å². The molecule has 0 saturated heterocycles. The summed E-state index contributed by atoms with van der Waals surface area (Å²) < 4.78 is 42.1. The molecular formula is C29H34FN3O4S. The van der Waals surface area contributed by atoms with Crippen LogP contribution >= 0.6 is 0 Å². The van der Waals surface area contributed by atoms with Crippen molar-refractivity contribution in [3.8, 4) is 0 Å². The third-order valence-electron chi connectivity index (χ3n) is 6.07. The van der Waals surface area contributed by atoms with Crippen LogP contribution in [0.3, 0.4) is 0 Å². The van der Waals surface area contributed by atoms with Crippen molar-refractivity contribution in [1.29, 1.82) is 0 Å². The lowest BCUT2D eigenvalue weighted by Crippen LogP contribution is -2.52. The summed E-state index contributed by atoms with van der Waals surface area (Å²) in [5, 5.41) is 2.80. The molecule has 1 N–H and O–H groups in total. The van der Waals surface area contributed by atoms with Crippen LogP contribution in [0, 0.1) is 19.7 Å². The summed E-state index contributed by atoms with van der Waals surface area (Å²) in [5.41, 5.74) is 2.76. The van der Waals surface area contributed by atoms with E-state index in [-0.39, 0.29) is 23.4 Å². The number of aryl methyl sites for hydroxylation is 2. The quantitative estimate of drug-likeness (QED) is 0.409. The molecule has 0 radical (unpaired) electrons. The predicted octanol–water partition coefficient (Wildman–Crippen LogP) is 4.58. The number of sulfonamides is 1. The number of carbonyl (C=O) groups is 2. The van der Waals surface area contributed by atoms with E-state index < -0.39 is 34.3 Å². The molecule has 0 heterocycles. The van der Waals surface area contributed by atoms with Crippen LogP contribution in [0.1, 0.15) is 37.5 Å². The van der Waals surface area contributed by atoms with Crippen molar-refractivity contribution in [2.45, 2.75) is 58.1 Å². The zero-order valence-corrected chi connectivity index (χ0v) is 23.1. The molecule has 0 saturated carbocycles. The monoisotopic (exact) mass is 539 g/mol. The molecule has 38 heavy (non-hydrogen) atoms. The molecule has 9 heteroatoms. The van der Waals surface area contributed by atoms with Gasteiger partial charge in [0.15, 0.2) is 0 Å². The summed E-state index contributed by atoms with van der Waals surface area (Å²) in [7, 11) is -4.12. The number of rotatable bonds is 10. The highest BCUT2D eigenvalue weighted by Crippen LogP contribution is 2.25. The van der Waals surface area contributed by atoms with Gasteiger partial charge in [-0.1, -0.05) is 47.5 Å². The van der Waals surface area contributed by atoms with Gasteiger partial charge in [-0.25, -0.2) is 12.8 Å². The fourth-order valence-electron chi connectivity index (χ4n) is 3.85. The molecule has 0 aliphatic heterocycles. The molecule has 0 aliphatic rings. The van der Waals surface area contributed by atoms with Gasteiger partial charge in [-0.15, -0.1) is 0 Å². The molecule has 0 bridgehead atoms. The third-order valence-corrected chi connectivity index (χ3v) is 7.86.